The summed E-state index contributed by atoms with van der Waals surface area (Å²) < 4.78 is 7.27. The molecular formula is C14H21N3OS. The number of ether oxygens (including phenoxy) is 1. The van der Waals surface area contributed by atoms with Crippen molar-refractivity contribution in [3.8, 4) is 0 Å². The maximum absolute atomic E-state index is 5.03. The van der Waals surface area contributed by atoms with Crippen LogP contribution in [0.5, 0.6) is 0 Å². The van der Waals surface area contributed by atoms with Crippen molar-refractivity contribution in [1.29, 1.82) is 0 Å². The minimum absolute atomic E-state index is 0.742. The maximum atomic E-state index is 5.03. The number of rotatable bonds is 7. The summed E-state index contributed by atoms with van der Waals surface area (Å²) in [5, 5.41) is 4.54. The van der Waals surface area contributed by atoms with E-state index in [2.05, 4.69) is 47.0 Å². The van der Waals surface area contributed by atoms with Gasteiger partial charge in [-0.2, -0.15) is 0 Å². The van der Waals surface area contributed by atoms with Gasteiger partial charge in [-0.3, -0.25) is 0 Å². The summed E-state index contributed by atoms with van der Waals surface area (Å²) >= 11 is 1.78. The van der Waals surface area contributed by atoms with E-state index in [1.165, 1.54) is 15.6 Å². The molecule has 0 saturated carbocycles. The van der Waals surface area contributed by atoms with Gasteiger partial charge in [0.25, 0.3) is 0 Å². The third kappa shape index (κ3) is 3.89. The number of nitrogens with one attached hydrogen (secondary N) is 1. The number of nitrogens with zero attached hydrogens (tertiary/aromatic N) is 2. The molecule has 0 aliphatic rings. The smallest absolute Gasteiger partial charge is 0.113 e. The Morgan fingerprint density at radius 2 is 2.26 bits per heavy atom. The van der Waals surface area contributed by atoms with Gasteiger partial charge in [0.05, 0.1) is 18.8 Å². The highest BCUT2D eigenvalue weighted by Crippen LogP contribution is 2.18. The average molecular weight is 279 g/mol. The quantitative estimate of drug-likeness (QED) is 0.791. The molecule has 0 aliphatic heterocycles. The first-order valence-corrected chi connectivity index (χ1v) is 7.29. The van der Waals surface area contributed by atoms with E-state index >= 15 is 0 Å². The summed E-state index contributed by atoms with van der Waals surface area (Å²) in [5.74, 6) is 0. The van der Waals surface area contributed by atoms with Crippen LogP contribution in [0, 0.1) is 13.8 Å². The van der Waals surface area contributed by atoms with Crippen LogP contribution in [0.15, 0.2) is 18.3 Å². The lowest BCUT2D eigenvalue weighted by Crippen LogP contribution is -2.20. The Bertz CT molecular complexity index is 499. The topological polar surface area (TPSA) is 39.1 Å². The monoisotopic (exact) mass is 279 g/mol. The highest BCUT2D eigenvalue weighted by atomic mass is 32.1. The van der Waals surface area contributed by atoms with Crippen molar-refractivity contribution in [2.75, 3.05) is 20.3 Å². The van der Waals surface area contributed by atoms with Crippen LogP contribution in [0.3, 0.4) is 0 Å². The Labute approximate surface area is 118 Å². The zero-order valence-corrected chi connectivity index (χ0v) is 12.6. The Hall–Kier alpha value is -1.17. The number of thiazole rings is 1. The van der Waals surface area contributed by atoms with Crippen LogP contribution in [0.1, 0.15) is 21.3 Å². The molecule has 2 rings (SSSR count). The Morgan fingerprint density at radius 1 is 1.42 bits per heavy atom. The maximum Gasteiger partial charge on any atom is 0.113 e. The molecule has 5 heteroatoms. The number of hydrogen-bond acceptors (Lipinski definition) is 4. The fourth-order valence-corrected chi connectivity index (χ4v) is 2.84. The summed E-state index contributed by atoms with van der Waals surface area (Å²) in [6.45, 7) is 7.52. The molecule has 19 heavy (non-hydrogen) atoms. The van der Waals surface area contributed by atoms with Crippen LogP contribution >= 0.6 is 11.3 Å². The van der Waals surface area contributed by atoms with Crippen molar-refractivity contribution in [2.45, 2.75) is 26.9 Å². The van der Waals surface area contributed by atoms with E-state index in [1.54, 1.807) is 18.4 Å². The minimum Gasteiger partial charge on any atom is -0.383 e. The largest absolute Gasteiger partial charge is 0.383 e. The van der Waals surface area contributed by atoms with Crippen LogP contribution < -0.4 is 5.32 Å². The van der Waals surface area contributed by atoms with E-state index in [0.29, 0.717) is 0 Å². The Balaban J connectivity index is 1.95. The van der Waals surface area contributed by atoms with E-state index in [9.17, 15) is 0 Å². The number of aromatic nitrogens is 2. The van der Waals surface area contributed by atoms with Gasteiger partial charge in [-0.15, -0.1) is 11.3 Å². The third-order valence-corrected chi connectivity index (χ3v) is 4.15. The van der Waals surface area contributed by atoms with Gasteiger partial charge < -0.3 is 14.6 Å². The molecule has 4 nitrogen and oxygen atoms in total. The van der Waals surface area contributed by atoms with Crippen molar-refractivity contribution >= 4 is 11.3 Å². The molecule has 0 spiro atoms. The second-order valence-electron chi connectivity index (χ2n) is 4.55. The zero-order valence-electron chi connectivity index (χ0n) is 11.8. The molecular weight excluding hydrogens is 258 g/mol. The molecule has 2 heterocycles. The Morgan fingerprint density at radius 3 is 2.95 bits per heavy atom. The van der Waals surface area contributed by atoms with E-state index < -0.39 is 0 Å². The zero-order chi connectivity index (χ0) is 13.7. The predicted molar refractivity (Wildman–Crippen MR) is 78.7 cm³/mol. The minimum atomic E-state index is 0.742. The van der Waals surface area contributed by atoms with Crippen LogP contribution in [0.4, 0.5) is 0 Å². The summed E-state index contributed by atoms with van der Waals surface area (Å²) in [6, 6.07) is 4.23. The molecule has 0 amide bonds. The summed E-state index contributed by atoms with van der Waals surface area (Å²) in [5.41, 5.74) is 2.42. The lowest BCUT2D eigenvalue weighted by atomic mass is 10.4. The van der Waals surface area contributed by atoms with Crippen molar-refractivity contribution in [3.05, 3.63) is 39.6 Å². The molecule has 0 fully saturated rings. The van der Waals surface area contributed by atoms with Gasteiger partial charge in [-0.1, -0.05) is 0 Å². The fraction of sp³-hybridized carbons (Fsp3) is 0.500. The van der Waals surface area contributed by atoms with E-state index in [4.69, 9.17) is 4.74 Å². The van der Waals surface area contributed by atoms with Gasteiger partial charge >= 0.3 is 0 Å². The molecule has 2 aromatic rings. The number of hydrogen-bond donors (Lipinski definition) is 1. The number of methoxy groups -OCH3 is 1. The molecule has 0 radical (unpaired) electrons. The molecule has 2 aromatic heterocycles. The molecule has 104 valence electrons. The van der Waals surface area contributed by atoms with Crippen molar-refractivity contribution < 1.29 is 4.74 Å². The van der Waals surface area contributed by atoms with E-state index in [1.807, 2.05) is 0 Å². The summed E-state index contributed by atoms with van der Waals surface area (Å²) in [4.78, 5) is 5.90. The molecule has 0 bridgehead atoms. The van der Waals surface area contributed by atoms with Crippen molar-refractivity contribution in [1.82, 2.24) is 14.9 Å². The normalized spacial score (nSPS) is 11.1. The molecule has 1 N–H and O–H groups in total. The second kappa shape index (κ2) is 6.84. The van der Waals surface area contributed by atoms with Gasteiger partial charge in [0.2, 0.25) is 0 Å². The van der Waals surface area contributed by atoms with Gasteiger partial charge in [0, 0.05) is 37.0 Å². The molecule has 0 saturated heterocycles. The average Bonchev–Trinajstić information content (AvgIpc) is 2.94. The molecule has 0 aliphatic carbocycles. The van der Waals surface area contributed by atoms with Crippen LogP contribution in [0.2, 0.25) is 0 Å². The molecule has 0 atom stereocenters. The first kappa shape index (κ1) is 14.2. The highest BCUT2D eigenvalue weighted by Gasteiger charge is 2.06. The molecule has 0 unspecified atom stereocenters. The van der Waals surface area contributed by atoms with Gasteiger partial charge in [-0.25, -0.2) is 4.98 Å². The van der Waals surface area contributed by atoms with Gasteiger partial charge in [0.15, 0.2) is 0 Å². The summed E-state index contributed by atoms with van der Waals surface area (Å²) in [6.07, 6.45) is 2.11. The predicted octanol–water partition coefficient (Wildman–Crippen LogP) is 2.35. The molecule has 0 aromatic carbocycles. The van der Waals surface area contributed by atoms with Crippen LogP contribution in [0.25, 0.3) is 0 Å². The van der Waals surface area contributed by atoms with Crippen molar-refractivity contribution in [3.63, 3.8) is 0 Å². The van der Waals surface area contributed by atoms with Gasteiger partial charge in [0.1, 0.15) is 5.01 Å². The summed E-state index contributed by atoms with van der Waals surface area (Å²) in [7, 11) is 1.72. The lowest BCUT2D eigenvalue weighted by Gasteiger charge is -2.08. The fourth-order valence-electron chi connectivity index (χ4n) is 1.91. The van der Waals surface area contributed by atoms with Gasteiger partial charge in [-0.05, 0) is 26.0 Å². The van der Waals surface area contributed by atoms with E-state index in [0.717, 1.165) is 31.9 Å². The first-order chi connectivity index (χ1) is 9.20. The third-order valence-electron chi connectivity index (χ3n) is 3.09. The second-order valence-corrected chi connectivity index (χ2v) is 5.83. The lowest BCUT2D eigenvalue weighted by molar-refractivity contribution is 0.199. The highest BCUT2D eigenvalue weighted by molar-refractivity contribution is 7.11. The Kier molecular flexibility index (Phi) is 5.13. The van der Waals surface area contributed by atoms with E-state index in [-0.39, 0.29) is 0 Å². The standard InChI is InChI=1S/C14H21N3OS/c1-11-12(2)19-14(16-11)10-17-7-4-5-13(17)9-15-6-8-18-3/h4-5,7,15H,6,8-10H2,1-3H3. The first-order valence-electron chi connectivity index (χ1n) is 6.47. The van der Waals surface area contributed by atoms with Crippen molar-refractivity contribution in [2.24, 2.45) is 0 Å². The van der Waals surface area contributed by atoms with Crippen LogP contribution in [-0.4, -0.2) is 29.8 Å². The SMILES string of the molecule is COCCNCc1cccn1Cc1nc(C)c(C)s1. The number of aryl methyl sites for hydroxylation is 2. The van der Waals surface area contributed by atoms with Crippen LogP contribution in [-0.2, 0) is 17.8 Å².